The molecule has 5 rings (SSSR count). The van der Waals surface area contributed by atoms with Crippen LogP contribution in [0.25, 0.3) is 0 Å². The number of carbonyl (C=O) groups is 1. The third kappa shape index (κ3) is 5.51. The molecule has 4 radical (unpaired) electrons. The Morgan fingerprint density at radius 3 is 2.57 bits per heavy atom. The molecule has 2 fully saturated rings. The van der Waals surface area contributed by atoms with E-state index in [9.17, 15) is 4.79 Å². The minimum atomic E-state index is 0.00722. The van der Waals surface area contributed by atoms with Crippen molar-refractivity contribution in [2.45, 2.75) is 57.3 Å². The zero-order valence-electron chi connectivity index (χ0n) is 20.0. The second-order valence-electron chi connectivity index (χ2n) is 9.98. The molecular formula is C27H29B2ClN2O3. The Hall–Kier alpha value is -2.11. The Morgan fingerprint density at radius 1 is 1.06 bits per heavy atom. The molecule has 1 aromatic heterocycles. The second-order valence-corrected chi connectivity index (χ2v) is 10.4. The zero-order chi connectivity index (χ0) is 24.4. The molecule has 3 aliphatic rings. The molecule has 0 bridgehead atoms. The number of carbonyl (C=O) groups excluding carboxylic acids is 1. The average molecular weight is 487 g/mol. The van der Waals surface area contributed by atoms with Gasteiger partial charge < -0.3 is 9.57 Å². The Labute approximate surface area is 214 Å². The summed E-state index contributed by atoms with van der Waals surface area (Å²) in [6.07, 6.45) is 8.54. The normalized spacial score (nSPS) is 24.1. The summed E-state index contributed by atoms with van der Waals surface area (Å²) in [6.45, 7) is 1.39. The van der Waals surface area contributed by atoms with E-state index >= 15 is 0 Å². The van der Waals surface area contributed by atoms with Gasteiger partial charge in [-0.15, -0.1) is 0 Å². The fourth-order valence-corrected chi connectivity index (χ4v) is 6.20. The molecule has 8 heteroatoms. The monoisotopic (exact) mass is 486 g/mol. The van der Waals surface area contributed by atoms with Gasteiger partial charge in [0, 0.05) is 35.9 Å². The van der Waals surface area contributed by atoms with Crippen LogP contribution in [0.4, 0.5) is 0 Å². The number of nitrogens with zero attached hydrogens (tertiary/aromatic N) is 2. The molecule has 1 saturated heterocycles. The molecule has 1 saturated carbocycles. The van der Waals surface area contributed by atoms with Crippen molar-refractivity contribution in [2.24, 2.45) is 17.0 Å². The Bertz CT molecular complexity index is 1120. The first-order chi connectivity index (χ1) is 17.0. The quantitative estimate of drug-likeness (QED) is 0.481. The van der Waals surface area contributed by atoms with E-state index in [-0.39, 0.29) is 24.2 Å². The molecule has 35 heavy (non-hydrogen) atoms. The first-order valence-electron chi connectivity index (χ1n) is 12.6. The third-order valence-corrected chi connectivity index (χ3v) is 7.94. The maximum absolute atomic E-state index is 12.8. The number of benzene rings is 1. The highest BCUT2D eigenvalue weighted by Crippen LogP contribution is 2.44. The predicted octanol–water partition coefficient (Wildman–Crippen LogP) is 3.11. The molecule has 0 amide bonds. The first-order valence-corrected chi connectivity index (χ1v) is 13.0. The molecule has 1 atom stereocenters. The van der Waals surface area contributed by atoms with Gasteiger partial charge in [-0.3, -0.25) is 9.78 Å². The number of rotatable bonds is 5. The van der Waals surface area contributed by atoms with E-state index in [1.807, 2.05) is 18.2 Å². The van der Waals surface area contributed by atoms with Gasteiger partial charge in [0.05, 0.1) is 24.6 Å². The number of hydrogen-bond donors (Lipinski definition) is 0. The van der Waals surface area contributed by atoms with Gasteiger partial charge in [0.1, 0.15) is 15.7 Å². The molecule has 5 nitrogen and oxygen atoms in total. The van der Waals surface area contributed by atoms with Gasteiger partial charge in [-0.25, -0.2) is 0 Å². The van der Waals surface area contributed by atoms with E-state index in [2.05, 4.69) is 5.16 Å². The van der Waals surface area contributed by atoms with Crippen molar-refractivity contribution in [3.05, 3.63) is 51.8 Å². The summed E-state index contributed by atoms with van der Waals surface area (Å²) < 4.78 is 5.32. The number of oxime groups is 1. The van der Waals surface area contributed by atoms with Gasteiger partial charge in [0.2, 0.25) is 0 Å². The molecule has 1 aromatic carbocycles. The summed E-state index contributed by atoms with van der Waals surface area (Å²) in [4.78, 5) is 23.0. The average Bonchev–Trinajstić information content (AvgIpc) is 3.01. The molecule has 178 valence electrons. The largest absolute Gasteiger partial charge is 0.388 e. The highest BCUT2D eigenvalue weighted by Gasteiger charge is 2.36. The molecule has 2 aromatic rings. The minimum absolute atomic E-state index is 0.00722. The van der Waals surface area contributed by atoms with Crippen molar-refractivity contribution >= 4 is 49.7 Å². The number of pyridine rings is 1. The summed E-state index contributed by atoms with van der Waals surface area (Å²) in [6, 6.07) is 5.94. The number of aromatic nitrogens is 1. The van der Waals surface area contributed by atoms with Crippen LogP contribution in [0.5, 0.6) is 0 Å². The highest BCUT2D eigenvalue weighted by atomic mass is 35.5. The van der Waals surface area contributed by atoms with Gasteiger partial charge in [-0.05, 0) is 67.2 Å². The number of aryl methyl sites for hydroxylation is 2. The number of halogens is 1. The lowest BCUT2D eigenvalue weighted by Gasteiger charge is -2.35. The Kier molecular flexibility index (Phi) is 7.64. The van der Waals surface area contributed by atoms with Crippen LogP contribution < -0.4 is 10.9 Å². The molecule has 0 spiro atoms. The number of ketones is 1. The zero-order valence-corrected chi connectivity index (χ0v) is 20.7. The second kappa shape index (κ2) is 10.9. The summed E-state index contributed by atoms with van der Waals surface area (Å²) in [5.41, 5.74) is 6.97. The Morgan fingerprint density at radius 2 is 1.80 bits per heavy atom. The number of hydrogen-bond acceptors (Lipinski definition) is 5. The van der Waals surface area contributed by atoms with Gasteiger partial charge in [0.25, 0.3) is 0 Å². The number of Topliss-reactive ketones (excluding diaryl/α,β-unsaturated/α-hetero) is 1. The van der Waals surface area contributed by atoms with Crippen LogP contribution >= 0.6 is 11.6 Å². The lowest BCUT2D eigenvalue weighted by Crippen LogP contribution is -2.30. The van der Waals surface area contributed by atoms with Crippen molar-refractivity contribution in [1.29, 1.82) is 0 Å². The summed E-state index contributed by atoms with van der Waals surface area (Å²) in [7, 11) is 12.6. The van der Waals surface area contributed by atoms with Crippen LogP contribution in [-0.4, -0.2) is 52.0 Å². The topological polar surface area (TPSA) is 60.8 Å². The molecule has 0 unspecified atom stereocenters. The lowest BCUT2D eigenvalue weighted by molar-refractivity contribution is -0.128. The van der Waals surface area contributed by atoms with Gasteiger partial charge in [-0.2, -0.15) is 0 Å². The van der Waals surface area contributed by atoms with Crippen molar-refractivity contribution in [1.82, 2.24) is 4.98 Å². The van der Waals surface area contributed by atoms with Crippen molar-refractivity contribution in [2.75, 3.05) is 19.8 Å². The smallest absolute Gasteiger partial charge is 0.176 e. The first kappa shape index (κ1) is 24.6. The fraction of sp³-hybridized carbons (Fsp3) is 0.519. The SMILES string of the molecule is [B]c1cnc2c(c1)CCc1cc(Cl)cc([B])c1[C@H]2C1CCC(C(=O)CON=C2CCOCC2)CC1. The van der Waals surface area contributed by atoms with E-state index in [1.165, 1.54) is 11.1 Å². The van der Waals surface area contributed by atoms with Crippen LogP contribution in [0.2, 0.25) is 5.02 Å². The van der Waals surface area contributed by atoms with E-state index in [0.717, 1.165) is 73.8 Å². The molecule has 2 aliphatic carbocycles. The molecular weight excluding hydrogens is 457 g/mol. The van der Waals surface area contributed by atoms with Gasteiger partial charge in [-0.1, -0.05) is 39.8 Å². The van der Waals surface area contributed by atoms with Gasteiger partial charge in [0.15, 0.2) is 12.4 Å². The molecule has 2 heterocycles. The van der Waals surface area contributed by atoms with Crippen LogP contribution in [-0.2, 0) is 27.2 Å². The Balaban J connectivity index is 1.31. The van der Waals surface area contributed by atoms with Crippen LogP contribution in [0, 0.1) is 11.8 Å². The van der Waals surface area contributed by atoms with E-state index in [4.69, 9.17) is 41.9 Å². The predicted molar refractivity (Wildman–Crippen MR) is 140 cm³/mol. The maximum atomic E-state index is 12.8. The molecule has 0 N–H and O–H groups in total. The van der Waals surface area contributed by atoms with E-state index in [0.29, 0.717) is 29.6 Å². The third-order valence-electron chi connectivity index (χ3n) is 7.72. The fourth-order valence-electron chi connectivity index (χ4n) is 5.95. The highest BCUT2D eigenvalue weighted by molar-refractivity contribution is 6.37. The van der Waals surface area contributed by atoms with Crippen LogP contribution in [0.3, 0.4) is 0 Å². The number of fused-ring (bicyclic) bond motifs is 2. The van der Waals surface area contributed by atoms with Crippen molar-refractivity contribution < 1.29 is 14.4 Å². The van der Waals surface area contributed by atoms with E-state index in [1.54, 1.807) is 6.20 Å². The maximum Gasteiger partial charge on any atom is 0.176 e. The lowest BCUT2D eigenvalue weighted by atomic mass is 9.68. The van der Waals surface area contributed by atoms with Gasteiger partial charge >= 0.3 is 0 Å². The van der Waals surface area contributed by atoms with E-state index < -0.39 is 0 Å². The minimum Gasteiger partial charge on any atom is -0.388 e. The number of ether oxygens (including phenoxy) is 1. The van der Waals surface area contributed by atoms with Crippen LogP contribution in [0.15, 0.2) is 29.6 Å². The molecule has 1 aliphatic heterocycles. The summed E-state index contributed by atoms with van der Waals surface area (Å²) >= 11 is 6.37. The summed E-state index contributed by atoms with van der Waals surface area (Å²) in [5, 5.41) is 4.83. The van der Waals surface area contributed by atoms with Crippen molar-refractivity contribution in [3.8, 4) is 0 Å². The summed E-state index contributed by atoms with van der Waals surface area (Å²) in [5.74, 6) is 0.566. The standard InChI is InChI=1S/C27H29B2ClN2O3/c28-20-11-19-6-5-18-12-21(30)13-23(29)25(18)26(27(19)31-14-20)17-3-1-16(2-4-17)24(33)15-35-32-22-7-9-34-10-8-22/h11-14,16-17,26H,1-10,15H2/t16?,17?,26-/m1/s1. The van der Waals surface area contributed by atoms with Crippen molar-refractivity contribution in [3.63, 3.8) is 0 Å². The van der Waals surface area contributed by atoms with Crippen LogP contribution in [0.1, 0.15) is 66.8 Å².